The van der Waals surface area contributed by atoms with Crippen LogP contribution in [0.25, 0.3) is 5.57 Å². The fourth-order valence-electron chi connectivity index (χ4n) is 2.99. The zero-order valence-electron chi connectivity index (χ0n) is 17.3. The van der Waals surface area contributed by atoms with E-state index < -0.39 is 0 Å². The summed E-state index contributed by atoms with van der Waals surface area (Å²) in [4.78, 5) is 21.5. The molecule has 4 N–H and O–H groups in total. The summed E-state index contributed by atoms with van der Waals surface area (Å²) in [6, 6.07) is 17.2. The van der Waals surface area contributed by atoms with Gasteiger partial charge < -0.3 is 16.4 Å². The van der Waals surface area contributed by atoms with Gasteiger partial charge in [-0.05, 0) is 43.7 Å². The van der Waals surface area contributed by atoms with Gasteiger partial charge in [-0.3, -0.25) is 9.79 Å². The van der Waals surface area contributed by atoms with Crippen molar-refractivity contribution in [2.45, 2.75) is 13.8 Å². The molecule has 6 nitrogen and oxygen atoms in total. The number of carbonyl (C=O) groups excluding carboxylic acids is 1. The molecule has 0 aliphatic carbocycles. The number of hydrogen-bond acceptors (Lipinski definition) is 5. The molecule has 0 radical (unpaired) electrons. The number of nitrogens with zero attached hydrogens (tertiary/aromatic N) is 2. The Labute approximate surface area is 176 Å². The second-order valence-corrected chi connectivity index (χ2v) is 6.89. The molecular weight excluding hydrogens is 374 g/mol. The summed E-state index contributed by atoms with van der Waals surface area (Å²) in [5.74, 6) is 0.326. The molecule has 1 aromatic heterocycles. The second kappa shape index (κ2) is 9.52. The summed E-state index contributed by atoms with van der Waals surface area (Å²) in [6.45, 7) is 3.96. The van der Waals surface area contributed by atoms with Gasteiger partial charge in [-0.2, -0.15) is 0 Å². The van der Waals surface area contributed by atoms with Gasteiger partial charge in [-0.25, -0.2) is 4.98 Å². The van der Waals surface area contributed by atoms with E-state index in [1.165, 1.54) is 6.20 Å². The second-order valence-electron chi connectivity index (χ2n) is 6.89. The maximum absolute atomic E-state index is 12.9. The van der Waals surface area contributed by atoms with Crippen LogP contribution in [-0.4, -0.2) is 24.2 Å². The van der Waals surface area contributed by atoms with Gasteiger partial charge in [-0.1, -0.05) is 35.9 Å². The molecule has 2 aromatic carbocycles. The molecule has 3 rings (SSSR count). The number of carbonyl (C=O) groups is 1. The van der Waals surface area contributed by atoms with Gasteiger partial charge in [0, 0.05) is 48.0 Å². The number of nitrogens with two attached hydrogens (primary N) is 1. The predicted molar refractivity (Wildman–Crippen MR) is 124 cm³/mol. The standard InChI is InChI=1S/C24H25N5O/c1-16-7-6-9-18(11-16)24(30)29-22-12-19(20(13-25)14-26-3)15-27-23(22)28-21-10-5-4-8-17(21)2/h4-15H,25H2,1-3H3,(H,27,28)(H,29,30)/b20-13+,26-14?. The van der Waals surface area contributed by atoms with Crippen molar-refractivity contribution in [3.63, 3.8) is 0 Å². The number of nitrogens with one attached hydrogen (secondary N) is 2. The van der Waals surface area contributed by atoms with E-state index in [0.717, 1.165) is 22.4 Å². The first-order valence-electron chi connectivity index (χ1n) is 9.57. The molecule has 0 aliphatic heterocycles. The lowest BCUT2D eigenvalue weighted by Crippen LogP contribution is -2.14. The fourth-order valence-corrected chi connectivity index (χ4v) is 2.99. The number of hydrogen-bond donors (Lipinski definition) is 3. The molecular formula is C24H25N5O. The van der Waals surface area contributed by atoms with Gasteiger partial charge in [0.2, 0.25) is 0 Å². The van der Waals surface area contributed by atoms with E-state index in [9.17, 15) is 4.79 Å². The van der Waals surface area contributed by atoms with Gasteiger partial charge in [0.1, 0.15) is 0 Å². The quantitative estimate of drug-likeness (QED) is 0.524. The Kier molecular flexibility index (Phi) is 6.60. The van der Waals surface area contributed by atoms with Crippen molar-refractivity contribution in [1.82, 2.24) is 4.98 Å². The molecule has 3 aromatic rings. The fraction of sp³-hybridized carbons (Fsp3) is 0.125. The first-order chi connectivity index (χ1) is 14.5. The molecule has 6 heteroatoms. The number of aryl methyl sites for hydroxylation is 2. The number of aromatic nitrogens is 1. The molecule has 0 unspecified atom stereocenters. The number of allylic oxidation sites excluding steroid dienone is 1. The van der Waals surface area contributed by atoms with Crippen LogP contribution in [0.3, 0.4) is 0 Å². The minimum absolute atomic E-state index is 0.215. The van der Waals surface area contributed by atoms with Crippen LogP contribution in [0.2, 0.25) is 0 Å². The molecule has 0 spiro atoms. The highest BCUT2D eigenvalue weighted by Crippen LogP contribution is 2.28. The summed E-state index contributed by atoms with van der Waals surface area (Å²) < 4.78 is 0. The zero-order valence-corrected chi connectivity index (χ0v) is 17.3. The van der Waals surface area contributed by atoms with E-state index in [0.29, 0.717) is 22.6 Å². The van der Waals surface area contributed by atoms with Crippen LogP contribution in [0.5, 0.6) is 0 Å². The third kappa shape index (κ3) is 4.91. The van der Waals surface area contributed by atoms with Crippen LogP contribution in [0.1, 0.15) is 27.0 Å². The topological polar surface area (TPSA) is 92.4 Å². The lowest BCUT2D eigenvalue weighted by Gasteiger charge is -2.15. The monoisotopic (exact) mass is 399 g/mol. The minimum atomic E-state index is -0.215. The number of benzene rings is 2. The molecule has 0 bridgehead atoms. The van der Waals surface area contributed by atoms with E-state index >= 15 is 0 Å². The summed E-state index contributed by atoms with van der Waals surface area (Å²) in [6.07, 6.45) is 4.81. The lowest BCUT2D eigenvalue weighted by atomic mass is 10.1. The first kappa shape index (κ1) is 20.8. The Hall–Kier alpha value is -3.93. The Bertz CT molecular complexity index is 1120. The van der Waals surface area contributed by atoms with Gasteiger partial charge in [-0.15, -0.1) is 0 Å². The lowest BCUT2D eigenvalue weighted by molar-refractivity contribution is 0.102. The van der Waals surface area contributed by atoms with E-state index in [1.54, 1.807) is 25.5 Å². The molecule has 30 heavy (non-hydrogen) atoms. The Morgan fingerprint density at radius 3 is 2.53 bits per heavy atom. The van der Waals surface area contributed by atoms with Crippen LogP contribution >= 0.6 is 0 Å². The SMILES string of the molecule is CN=C/C(=C\N)c1cnc(Nc2ccccc2C)c(NC(=O)c2cccc(C)c2)c1. The smallest absolute Gasteiger partial charge is 0.255 e. The number of pyridine rings is 1. The van der Waals surface area contributed by atoms with Crippen LogP contribution in [0.15, 0.2) is 72.0 Å². The van der Waals surface area contributed by atoms with Crippen molar-refractivity contribution in [1.29, 1.82) is 0 Å². The largest absolute Gasteiger partial charge is 0.404 e. The van der Waals surface area contributed by atoms with Crippen molar-refractivity contribution in [3.8, 4) is 0 Å². The summed E-state index contributed by atoms with van der Waals surface area (Å²) in [5.41, 5.74) is 11.3. The van der Waals surface area contributed by atoms with E-state index in [-0.39, 0.29) is 5.91 Å². The highest BCUT2D eigenvalue weighted by Gasteiger charge is 2.13. The van der Waals surface area contributed by atoms with E-state index in [4.69, 9.17) is 5.73 Å². The molecule has 0 atom stereocenters. The summed E-state index contributed by atoms with van der Waals surface area (Å²) >= 11 is 0. The average Bonchev–Trinajstić information content (AvgIpc) is 2.74. The van der Waals surface area contributed by atoms with E-state index in [2.05, 4.69) is 20.6 Å². The maximum Gasteiger partial charge on any atom is 0.255 e. The van der Waals surface area contributed by atoms with Crippen LogP contribution < -0.4 is 16.4 Å². The zero-order chi connectivity index (χ0) is 21.5. The first-order valence-corrected chi connectivity index (χ1v) is 9.57. The molecule has 0 aliphatic rings. The van der Waals surface area contributed by atoms with Gasteiger partial charge >= 0.3 is 0 Å². The van der Waals surface area contributed by atoms with Crippen molar-refractivity contribution in [2.24, 2.45) is 10.7 Å². The van der Waals surface area contributed by atoms with Crippen molar-refractivity contribution in [3.05, 3.63) is 89.2 Å². The van der Waals surface area contributed by atoms with Crippen molar-refractivity contribution >= 4 is 34.9 Å². The summed E-state index contributed by atoms with van der Waals surface area (Å²) in [7, 11) is 1.67. The molecule has 1 amide bonds. The molecule has 0 saturated carbocycles. The molecule has 1 heterocycles. The van der Waals surface area contributed by atoms with Crippen LogP contribution in [-0.2, 0) is 0 Å². The third-order valence-corrected chi connectivity index (χ3v) is 4.60. The maximum atomic E-state index is 12.9. The number of aliphatic imine (C=N–C) groups is 1. The van der Waals surface area contributed by atoms with Crippen molar-refractivity contribution in [2.75, 3.05) is 17.7 Å². The van der Waals surface area contributed by atoms with Gasteiger partial charge in [0.05, 0.1) is 5.69 Å². The highest BCUT2D eigenvalue weighted by atomic mass is 16.1. The Morgan fingerprint density at radius 2 is 1.83 bits per heavy atom. The minimum Gasteiger partial charge on any atom is -0.404 e. The molecule has 0 saturated heterocycles. The third-order valence-electron chi connectivity index (χ3n) is 4.60. The van der Waals surface area contributed by atoms with Crippen LogP contribution in [0, 0.1) is 13.8 Å². The number of amides is 1. The van der Waals surface area contributed by atoms with E-state index in [1.807, 2.05) is 62.4 Å². The highest BCUT2D eigenvalue weighted by molar-refractivity contribution is 6.11. The Morgan fingerprint density at radius 1 is 1.03 bits per heavy atom. The Balaban J connectivity index is 2.01. The summed E-state index contributed by atoms with van der Waals surface area (Å²) in [5, 5.41) is 6.29. The number of rotatable bonds is 6. The predicted octanol–water partition coefficient (Wildman–Crippen LogP) is 4.69. The van der Waals surface area contributed by atoms with Crippen LogP contribution in [0.4, 0.5) is 17.2 Å². The number of anilines is 3. The normalized spacial score (nSPS) is 11.5. The van der Waals surface area contributed by atoms with Gasteiger partial charge in [0.25, 0.3) is 5.91 Å². The van der Waals surface area contributed by atoms with Gasteiger partial charge in [0.15, 0.2) is 5.82 Å². The van der Waals surface area contributed by atoms with Crippen molar-refractivity contribution < 1.29 is 4.79 Å². The molecule has 0 fully saturated rings. The number of para-hydroxylation sites is 1. The average molecular weight is 399 g/mol. The molecule has 152 valence electrons.